The molecule has 0 saturated heterocycles. The molecular formula is C26H39NO14. The van der Waals surface area contributed by atoms with Crippen molar-refractivity contribution in [1.29, 1.82) is 0 Å². The first-order valence-corrected chi connectivity index (χ1v) is 13.0. The third-order valence-electron chi connectivity index (χ3n) is 6.95. The van der Waals surface area contributed by atoms with E-state index in [1.807, 2.05) is 0 Å². The van der Waals surface area contributed by atoms with Crippen molar-refractivity contribution >= 4 is 35.6 Å². The summed E-state index contributed by atoms with van der Waals surface area (Å²) in [5, 5.41) is 23.0. The maximum atomic E-state index is 12.3. The second-order valence-corrected chi connectivity index (χ2v) is 10.5. The summed E-state index contributed by atoms with van der Waals surface area (Å²) in [6.45, 7) is 7.18. The Bertz CT molecular complexity index is 1020. The molecule has 0 aromatic heterocycles. The molecule has 1 rings (SSSR count). The standard InChI is InChI=1S/C26H39NO14/c1-14(28)20-12-26(27(35)36,11-10-25(20,7)34)9-8-21(38-16(3)30)23(40-18(5)32)24(41-19(6)33)22(39-17(4)31)13-37-15(2)29/h20-24,34H,8-13H2,1-7H3/t20-,21-,22+,23+,24-,25-,26-/m0/s1. The highest BCUT2D eigenvalue weighted by molar-refractivity contribution is 5.79. The van der Waals surface area contributed by atoms with Crippen molar-refractivity contribution in [2.24, 2.45) is 5.92 Å². The predicted molar refractivity (Wildman–Crippen MR) is 136 cm³/mol. The van der Waals surface area contributed by atoms with Gasteiger partial charge >= 0.3 is 29.8 Å². The minimum absolute atomic E-state index is 0.0587. The number of ketones is 1. The normalized spacial score (nSPS) is 24.9. The number of nitro groups is 1. The quantitative estimate of drug-likeness (QED) is 0.131. The van der Waals surface area contributed by atoms with Gasteiger partial charge in [0, 0.05) is 58.8 Å². The van der Waals surface area contributed by atoms with Gasteiger partial charge in [-0.3, -0.25) is 38.9 Å². The van der Waals surface area contributed by atoms with Crippen LogP contribution in [0, 0.1) is 16.0 Å². The van der Waals surface area contributed by atoms with Crippen LogP contribution in [0.25, 0.3) is 0 Å². The summed E-state index contributed by atoms with van der Waals surface area (Å²) in [6.07, 6.45) is -7.46. The number of hydrogen-bond acceptors (Lipinski definition) is 14. The Hall–Kier alpha value is -3.62. The van der Waals surface area contributed by atoms with Crippen LogP contribution in [0.4, 0.5) is 0 Å². The van der Waals surface area contributed by atoms with E-state index in [-0.39, 0.29) is 32.1 Å². The lowest BCUT2D eigenvalue weighted by molar-refractivity contribution is -0.580. The van der Waals surface area contributed by atoms with Gasteiger partial charge in [0.1, 0.15) is 18.5 Å². The summed E-state index contributed by atoms with van der Waals surface area (Å²) in [6, 6.07) is 0. The lowest BCUT2D eigenvalue weighted by atomic mass is 9.65. The molecule has 1 N–H and O–H groups in total. The van der Waals surface area contributed by atoms with E-state index >= 15 is 0 Å². The van der Waals surface area contributed by atoms with Gasteiger partial charge in [-0.05, 0) is 26.7 Å². The molecule has 15 heteroatoms. The van der Waals surface area contributed by atoms with Crippen LogP contribution in [-0.2, 0) is 52.5 Å². The van der Waals surface area contributed by atoms with Gasteiger partial charge in [0.2, 0.25) is 5.54 Å². The highest BCUT2D eigenvalue weighted by Gasteiger charge is 2.55. The number of aliphatic hydroxyl groups is 1. The first kappa shape index (κ1) is 35.4. The van der Waals surface area contributed by atoms with E-state index in [1.54, 1.807) is 0 Å². The van der Waals surface area contributed by atoms with E-state index in [4.69, 9.17) is 23.7 Å². The van der Waals surface area contributed by atoms with Crippen molar-refractivity contribution in [1.82, 2.24) is 0 Å². The number of ether oxygens (including phenoxy) is 5. The molecule has 7 atom stereocenters. The maximum Gasteiger partial charge on any atom is 0.303 e. The lowest BCUT2D eigenvalue weighted by Crippen LogP contribution is -2.55. The first-order valence-electron chi connectivity index (χ1n) is 13.0. The van der Waals surface area contributed by atoms with Crippen LogP contribution in [-0.4, -0.2) is 87.8 Å². The molecule has 0 bridgehead atoms. The predicted octanol–water partition coefficient (Wildman–Crippen LogP) is 1.21. The topological polar surface area (TPSA) is 212 Å². The molecule has 0 aliphatic heterocycles. The zero-order valence-corrected chi connectivity index (χ0v) is 24.3. The Balaban J connectivity index is 3.57. The molecule has 1 fully saturated rings. The van der Waals surface area contributed by atoms with Crippen molar-refractivity contribution in [3.8, 4) is 0 Å². The van der Waals surface area contributed by atoms with Crippen LogP contribution < -0.4 is 0 Å². The average molecular weight is 590 g/mol. The molecule has 0 aromatic rings. The summed E-state index contributed by atoms with van der Waals surface area (Å²) < 4.78 is 26.2. The minimum atomic E-state index is -1.72. The van der Waals surface area contributed by atoms with Crippen LogP contribution in [0.15, 0.2) is 0 Å². The third kappa shape index (κ3) is 10.7. The molecule has 0 heterocycles. The molecule has 232 valence electrons. The number of carbonyl (C=O) groups excluding carboxylic acids is 6. The smallest absolute Gasteiger partial charge is 0.303 e. The zero-order chi connectivity index (χ0) is 31.7. The molecule has 1 aliphatic rings. The van der Waals surface area contributed by atoms with E-state index in [0.717, 1.165) is 34.6 Å². The molecule has 0 unspecified atom stereocenters. The van der Waals surface area contributed by atoms with Crippen LogP contribution in [0.2, 0.25) is 0 Å². The molecular weight excluding hydrogens is 550 g/mol. The lowest BCUT2D eigenvalue weighted by Gasteiger charge is -2.42. The average Bonchev–Trinajstić information content (AvgIpc) is 2.81. The highest BCUT2D eigenvalue weighted by atomic mass is 16.6. The Kier molecular flexibility index (Phi) is 12.8. The Morgan fingerprint density at radius 2 is 1.27 bits per heavy atom. The van der Waals surface area contributed by atoms with Gasteiger partial charge in [0.15, 0.2) is 18.3 Å². The first-order chi connectivity index (χ1) is 18.8. The van der Waals surface area contributed by atoms with Crippen molar-refractivity contribution in [3.63, 3.8) is 0 Å². The Labute approximate surface area is 237 Å². The second-order valence-electron chi connectivity index (χ2n) is 10.5. The molecule has 1 saturated carbocycles. The number of hydrogen-bond donors (Lipinski definition) is 1. The summed E-state index contributed by atoms with van der Waals surface area (Å²) in [5.74, 6) is -5.83. The number of rotatable bonds is 14. The van der Waals surface area contributed by atoms with E-state index in [2.05, 4.69) is 0 Å². The van der Waals surface area contributed by atoms with Gasteiger partial charge in [0.25, 0.3) is 0 Å². The van der Waals surface area contributed by atoms with Crippen LogP contribution in [0.3, 0.4) is 0 Å². The number of Topliss-reactive ketones (excluding diaryl/α,β-unsaturated/α-hetero) is 1. The molecule has 0 spiro atoms. The Morgan fingerprint density at radius 1 is 0.805 bits per heavy atom. The van der Waals surface area contributed by atoms with Gasteiger partial charge < -0.3 is 28.8 Å². The van der Waals surface area contributed by atoms with Crippen LogP contribution >= 0.6 is 0 Å². The largest absolute Gasteiger partial charge is 0.462 e. The number of carbonyl (C=O) groups is 6. The summed E-state index contributed by atoms with van der Waals surface area (Å²) in [5.41, 5.74) is -3.18. The van der Waals surface area contributed by atoms with E-state index in [0.29, 0.717) is 0 Å². The van der Waals surface area contributed by atoms with Crippen molar-refractivity contribution < 1.29 is 62.5 Å². The van der Waals surface area contributed by atoms with Gasteiger partial charge in [-0.25, -0.2) is 0 Å². The van der Waals surface area contributed by atoms with Gasteiger partial charge in [-0.1, -0.05) is 0 Å². The molecule has 0 aromatic carbocycles. The Morgan fingerprint density at radius 3 is 1.68 bits per heavy atom. The molecule has 15 nitrogen and oxygen atoms in total. The fourth-order valence-electron chi connectivity index (χ4n) is 5.04. The van der Waals surface area contributed by atoms with E-state index in [9.17, 15) is 44.0 Å². The van der Waals surface area contributed by atoms with Crippen LogP contribution in [0.1, 0.15) is 80.6 Å². The highest BCUT2D eigenvalue weighted by Crippen LogP contribution is 2.44. The summed E-state index contributed by atoms with van der Waals surface area (Å²) in [7, 11) is 0. The minimum Gasteiger partial charge on any atom is -0.462 e. The van der Waals surface area contributed by atoms with Gasteiger partial charge in [-0.15, -0.1) is 0 Å². The van der Waals surface area contributed by atoms with Crippen LogP contribution in [0.5, 0.6) is 0 Å². The monoisotopic (exact) mass is 589 g/mol. The van der Waals surface area contributed by atoms with Crippen molar-refractivity contribution in [3.05, 3.63) is 10.1 Å². The summed E-state index contributed by atoms with van der Waals surface area (Å²) in [4.78, 5) is 83.7. The number of esters is 5. The van der Waals surface area contributed by atoms with Crippen molar-refractivity contribution in [2.45, 2.75) is 116 Å². The number of nitrogens with zero attached hydrogens (tertiary/aromatic N) is 1. The molecule has 1 aliphatic carbocycles. The van der Waals surface area contributed by atoms with Crippen molar-refractivity contribution in [2.75, 3.05) is 6.61 Å². The fraction of sp³-hybridized carbons (Fsp3) is 0.769. The van der Waals surface area contributed by atoms with Gasteiger partial charge in [0.05, 0.1) is 11.5 Å². The fourth-order valence-corrected chi connectivity index (χ4v) is 5.04. The summed E-state index contributed by atoms with van der Waals surface area (Å²) >= 11 is 0. The van der Waals surface area contributed by atoms with Gasteiger partial charge in [-0.2, -0.15) is 0 Å². The van der Waals surface area contributed by atoms with E-state index < -0.39 is 88.6 Å². The zero-order valence-electron chi connectivity index (χ0n) is 24.3. The third-order valence-corrected chi connectivity index (χ3v) is 6.95. The molecule has 0 radical (unpaired) electrons. The maximum absolute atomic E-state index is 12.3. The SMILES string of the molecule is CC(=O)OC[C@@H](OC(C)=O)[C@H](OC(C)=O)[C@H](OC(C)=O)[C@H](CC[C@]1([N+](=O)[O-])CC[C@](C)(O)[C@H](C(C)=O)C1)OC(C)=O. The van der Waals surface area contributed by atoms with E-state index in [1.165, 1.54) is 13.8 Å². The molecule has 41 heavy (non-hydrogen) atoms. The molecule has 0 amide bonds. The second kappa shape index (κ2) is 14.8.